The monoisotopic (exact) mass is 274 g/mol. The summed E-state index contributed by atoms with van der Waals surface area (Å²) in [6.07, 6.45) is -5.77. The first kappa shape index (κ1) is 14.7. The van der Waals surface area contributed by atoms with Crippen molar-refractivity contribution in [3.8, 4) is 0 Å². The summed E-state index contributed by atoms with van der Waals surface area (Å²) in [6, 6.07) is -0.229. The van der Waals surface area contributed by atoms with Crippen LogP contribution in [-0.2, 0) is 10.0 Å². The number of nitrogens with two attached hydrogens (primary N) is 1. The molecule has 2 atom stereocenters. The van der Waals surface area contributed by atoms with E-state index in [1.165, 1.54) is 4.31 Å². The lowest BCUT2D eigenvalue weighted by molar-refractivity contribution is -0.134. The molecule has 0 spiro atoms. The number of hydrogen-bond donors (Lipinski definition) is 1. The molecule has 0 aliphatic carbocycles. The number of rotatable bonds is 4. The van der Waals surface area contributed by atoms with E-state index in [9.17, 15) is 21.6 Å². The molecule has 102 valence electrons. The van der Waals surface area contributed by atoms with E-state index >= 15 is 0 Å². The van der Waals surface area contributed by atoms with Crippen LogP contribution in [0.5, 0.6) is 0 Å². The summed E-state index contributed by atoms with van der Waals surface area (Å²) in [5.41, 5.74) is 5.68. The van der Waals surface area contributed by atoms with E-state index in [0.29, 0.717) is 6.54 Å². The molecule has 0 aromatic rings. The fourth-order valence-electron chi connectivity index (χ4n) is 1.76. The van der Waals surface area contributed by atoms with Gasteiger partial charge in [0.25, 0.3) is 0 Å². The third kappa shape index (κ3) is 4.44. The Hall–Kier alpha value is -0.340. The molecule has 1 saturated heterocycles. The van der Waals surface area contributed by atoms with Gasteiger partial charge >= 0.3 is 6.18 Å². The van der Waals surface area contributed by atoms with Gasteiger partial charge in [-0.1, -0.05) is 6.92 Å². The summed E-state index contributed by atoms with van der Waals surface area (Å²) in [4.78, 5) is 0. The average Bonchev–Trinajstić information content (AvgIpc) is 2.45. The Kier molecular flexibility index (Phi) is 4.43. The molecule has 0 radical (unpaired) electrons. The van der Waals surface area contributed by atoms with E-state index in [1.54, 1.807) is 0 Å². The zero-order valence-corrected chi connectivity index (χ0v) is 10.4. The zero-order chi connectivity index (χ0) is 13.3. The molecule has 4 nitrogen and oxygen atoms in total. The van der Waals surface area contributed by atoms with Crippen molar-refractivity contribution in [1.82, 2.24) is 4.31 Å². The molecular weight excluding hydrogens is 257 g/mol. The Balaban J connectivity index is 2.47. The topological polar surface area (TPSA) is 63.4 Å². The molecule has 1 aliphatic rings. The van der Waals surface area contributed by atoms with Crippen molar-refractivity contribution in [2.24, 2.45) is 11.7 Å². The molecule has 0 bridgehead atoms. The predicted octanol–water partition coefficient (Wildman–Crippen LogP) is 0.938. The largest absolute Gasteiger partial charge is 0.389 e. The molecule has 0 amide bonds. The standard InChI is InChI=1S/C9H17F3N2O2S/c1-7-5-14(6-8(7)13)17(15,16)4-2-3-9(10,11)12/h7-8H,2-6,13H2,1H3. The number of nitrogens with zero attached hydrogens (tertiary/aromatic N) is 1. The van der Waals surface area contributed by atoms with Crippen LogP contribution in [0.3, 0.4) is 0 Å². The van der Waals surface area contributed by atoms with Gasteiger partial charge in [0.15, 0.2) is 0 Å². The summed E-state index contributed by atoms with van der Waals surface area (Å²) in [5.74, 6) is -0.418. The molecule has 1 aliphatic heterocycles. The summed E-state index contributed by atoms with van der Waals surface area (Å²) in [7, 11) is -3.59. The van der Waals surface area contributed by atoms with E-state index in [4.69, 9.17) is 5.73 Å². The van der Waals surface area contributed by atoms with Crippen molar-refractivity contribution in [3.05, 3.63) is 0 Å². The second kappa shape index (κ2) is 5.11. The lowest BCUT2D eigenvalue weighted by Gasteiger charge is -2.16. The van der Waals surface area contributed by atoms with Crippen LogP contribution in [0.15, 0.2) is 0 Å². The van der Waals surface area contributed by atoms with Crippen LogP contribution in [0.4, 0.5) is 13.2 Å². The molecular formula is C9H17F3N2O2S. The Bertz CT molecular complexity index is 346. The quantitative estimate of drug-likeness (QED) is 0.829. The van der Waals surface area contributed by atoms with Crippen molar-refractivity contribution in [3.63, 3.8) is 0 Å². The summed E-state index contributed by atoms with van der Waals surface area (Å²) in [6.45, 7) is 2.33. The third-order valence-corrected chi connectivity index (χ3v) is 4.78. The summed E-state index contributed by atoms with van der Waals surface area (Å²) >= 11 is 0. The van der Waals surface area contributed by atoms with Crippen molar-refractivity contribution in [2.45, 2.75) is 32.0 Å². The smallest absolute Gasteiger partial charge is 0.326 e. The Morgan fingerprint density at radius 3 is 2.35 bits per heavy atom. The van der Waals surface area contributed by atoms with Crippen LogP contribution >= 0.6 is 0 Å². The van der Waals surface area contributed by atoms with Gasteiger partial charge in [-0.05, 0) is 12.3 Å². The minimum absolute atomic E-state index is 0.0485. The minimum atomic E-state index is -4.30. The van der Waals surface area contributed by atoms with Crippen molar-refractivity contribution < 1.29 is 21.6 Å². The highest BCUT2D eigenvalue weighted by atomic mass is 32.2. The van der Waals surface area contributed by atoms with Gasteiger partial charge in [-0.3, -0.25) is 0 Å². The predicted molar refractivity (Wildman–Crippen MR) is 57.8 cm³/mol. The maximum atomic E-state index is 11.9. The van der Waals surface area contributed by atoms with Gasteiger partial charge in [0, 0.05) is 25.6 Å². The Morgan fingerprint density at radius 1 is 1.35 bits per heavy atom. The van der Waals surface area contributed by atoms with E-state index < -0.39 is 34.8 Å². The highest BCUT2D eigenvalue weighted by Gasteiger charge is 2.35. The Labute approximate surface area is 99.0 Å². The van der Waals surface area contributed by atoms with Gasteiger partial charge < -0.3 is 5.73 Å². The molecule has 8 heteroatoms. The fraction of sp³-hybridized carbons (Fsp3) is 1.00. The van der Waals surface area contributed by atoms with Crippen LogP contribution in [0.2, 0.25) is 0 Å². The average molecular weight is 274 g/mol. The van der Waals surface area contributed by atoms with E-state index in [-0.39, 0.29) is 18.5 Å². The van der Waals surface area contributed by atoms with Gasteiger partial charge in [0.05, 0.1) is 5.75 Å². The summed E-state index contributed by atoms with van der Waals surface area (Å²) in [5, 5.41) is 0. The second-order valence-corrected chi connectivity index (χ2v) is 6.58. The molecule has 2 N–H and O–H groups in total. The van der Waals surface area contributed by atoms with Crippen LogP contribution < -0.4 is 5.73 Å². The fourth-order valence-corrected chi connectivity index (χ4v) is 3.39. The maximum Gasteiger partial charge on any atom is 0.389 e. The van der Waals surface area contributed by atoms with Crippen molar-refractivity contribution in [1.29, 1.82) is 0 Å². The number of hydrogen-bond acceptors (Lipinski definition) is 3. The molecule has 0 saturated carbocycles. The van der Waals surface area contributed by atoms with Crippen molar-refractivity contribution >= 4 is 10.0 Å². The Morgan fingerprint density at radius 2 is 1.94 bits per heavy atom. The van der Waals surface area contributed by atoms with Crippen LogP contribution in [0, 0.1) is 5.92 Å². The molecule has 0 aromatic carbocycles. The molecule has 1 rings (SSSR count). The maximum absolute atomic E-state index is 11.9. The van der Waals surface area contributed by atoms with Gasteiger partial charge in [-0.25, -0.2) is 12.7 Å². The van der Waals surface area contributed by atoms with Crippen LogP contribution in [-0.4, -0.2) is 43.8 Å². The first-order chi connectivity index (χ1) is 7.62. The molecule has 1 fully saturated rings. The SMILES string of the molecule is CC1CN(S(=O)(=O)CCCC(F)(F)F)CC1N. The first-order valence-corrected chi connectivity index (χ1v) is 7.03. The normalized spacial score (nSPS) is 27.6. The number of alkyl halides is 3. The van der Waals surface area contributed by atoms with Crippen LogP contribution in [0.1, 0.15) is 19.8 Å². The van der Waals surface area contributed by atoms with E-state index in [0.717, 1.165) is 0 Å². The second-order valence-electron chi connectivity index (χ2n) is 4.49. The number of sulfonamides is 1. The molecule has 0 aromatic heterocycles. The zero-order valence-electron chi connectivity index (χ0n) is 9.57. The van der Waals surface area contributed by atoms with Crippen LogP contribution in [0.25, 0.3) is 0 Å². The van der Waals surface area contributed by atoms with Crippen molar-refractivity contribution in [2.75, 3.05) is 18.8 Å². The number of halogens is 3. The summed E-state index contributed by atoms with van der Waals surface area (Å²) < 4.78 is 60.3. The first-order valence-electron chi connectivity index (χ1n) is 5.42. The molecule has 2 unspecified atom stereocenters. The molecule has 1 heterocycles. The van der Waals surface area contributed by atoms with Gasteiger partial charge in [-0.2, -0.15) is 13.2 Å². The van der Waals surface area contributed by atoms with Gasteiger partial charge in [-0.15, -0.1) is 0 Å². The van der Waals surface area contributed by atoms with Gasteiger partial charge in [0.1, 0.15) is 0 Å². The minimum Gasteiger partial charge on any atom is -0.326 e. The van der Waals surface area contributed by atoms with E-state index in [2.05, 4.69) is 0 Å². The lowest BCUT2D eigenvalue weighted by Crippen LogP contribution is -2.34. The third-order valence-electron chi connectivity index (χ3n) is 2.89. The van der Waals surface area contributed by atoms with Gasteiger partial charge in [0.2, 0.25) is 10.0 Å². The van der Waals surface area contributed by atoms with E-state index in [1.807, 2.05) is 6.92 Å². The highest BCUT2D eigenvalue weighted by Crippen LogP contribution is 2.23. The lowest BCUT2D eigenvalue weighted by atomic mass is 10.1. The highest BCUT2D eigenvalue weighted by molar-refractivity contribution is 7.89. The molecule has 17 heavy (non-hydrogen) atoms.